The lowest BCUT2D eigenvalue weighted by Crippen LogP contribution is -2.54. The molecule has 4 amide bonds. The maximum atomic E-state index is 13.1. The highest BCUT2D eigenvalue weighted by Crippen LogP contribution is 2.27. The number of anilines is 1. The van der Waals surface area contributed by atoms with Crippen LogP contribution in [-0.4, -0.2) is 29.0 Å². The molecule has 1 saturated heterocycles. The number of nitrogens with zero attached hydrogens (tertiary/aromatic N) is 2. The van der Waals surface area contributed by atoms with E-state index in [0.29, 0.717) is 35.3 Å². The first-order valence-electron chi connectivity index (χ1n) is 10.5. The van der Waals surface area contributed by atoms with Crippen LogP contribution in [0.3, 0.4) is 0 Å². The van der Waals surface area contributed by atoms with Crippen LogP contribution in [0.1, 0.15) is 17.7 Å². The molecule has 174 valence electrons. The smallest absolute Gasteiger partial charge is 0.335 e. The third-order valence-electron chi connectivity index (χ3n) is 5.30. The molecule has 1 aromatic heterocycles. The number of ether oxygens (including phenoxy) is 1. The number of carbonyl (C=O) groups excluding carboxylic acids is 3. The van der Waals surface area contributed by atoms with E-state index >= 15 is 0 Å². The number of urea groups is 1. The van der Waals surface area contributed by atoms with Crippen LogP contribution in [0.15, 0.2) is 66.4 Å². The molecular weight excluding hydrogens is 477 g/mol. The Kier molecular flexibility index (Phi) is 7.05. The molecule has 1 N–H and O–H groups in total. The summed E-state index contributed by atoms with van der Waals surface area (Å²) in [5.74, 6) is -0.736. The molecule has 3 aromatic rings. The topological polar surface area (TPSA) is 80.6 Å². The fourth-order valence-electron chi connectivity index (χ4n) is 3.48. The van der Waals surface area contributed by atoms with Crippen LogP contribution in [-0.2, 0) is 16.1 Å². The first kappa shape index (κ1) is 23.6. The highest BCUT2D eigenvalue weighted by atomic mass is 35.5. The minimum Gasteiger partial charge on any atom is -0.494 e. The van der Waals surface area contributed by atoms with Crippen molar-refractivity contribution < 1.29 is 19.1 Å². The number of barbiturate groups is 1. The Hall–Kier alpha value is -3.55. The predicted molar refractivity (Wildman–Crippen MR) is 131 cm³/mol. The van der Waals surface area contributed by atoms with Crippen molar-refractivity contribution in [2.24, 2.45) is 0 Å². The minimum absolute atomic E-state index is 0.145. The zero-order valence-corrected chi connectivity index (χ0v) is 19.8. The maximum Gasteiger partial charge on any atom is 0.335 e. The summed E-state index contributed by atoms with van der Waals surface area (Å²) in [5.41, 5.74) is 1.60. The largest absolute Gasteiger partial charge is 0.494 e. The lowest BCUT2D eigenvalue weighted by atomic mass is 10.1. The summed E-state index contributed by atoms with van der Waals surface area (Å²) in [6.07, 6.45) is 4.02. The normalized spacial score (nSPS) is 15.1. The number of rotatable bonds is 7. The van der Waals surface area contributed by atoms with Crippen LogP contribution in [0.25, 0.3) is 6.08 Å². The molecule has 0 aliphatic carbocycles. The van der Waals surface area contributed by atoms with Gasteiger partial charge in [-0.2, -0.15) is 0 Å². The van der Waals surface area contributed by atoms with E-state index in [0.717, 1.165) is 16.2 Å². The standard InChI is InChI=1S/C25H21Cl2N3O4/c1-16-5-8-19(15-22(16)27)30-24(32)21(23(31)28-25(30)33)14-18-4-2-11-29(18)12-3-13-34-20-9-6-17(26)7-10-20/h2,4-11,14-15H,3,12-13H2,1H3,(H,28,31,33). The number of hydrogen-bond acceptors (Lipinski definition) is 4. The number of aromatic nitrogens is 1. The molecule has 4 rings (SSSR count). The maximum absolute atomic E-state index is 13.1. The van der Waals surface area contributed by atoms with Crippen molar-refractivity contribution in [1.82, 2.24) is 9.88 Å². The zero-order valence-electron chi connectivity index (χ0n) is 18.3. The molecule has 0 spiro atoms. The van der Waals surface area contributed by atoms with Gasteiger partial charge in [0.05, 0.1) is 12.3 Å². The second-order valence-electron chi connectivity index (χ2n) is 7.67. The van der Waals surface area contributed by atoms with Gasteiger partial charge in [-0.15, -0.1) is 0 Å². The molecule has 0 atom stereocenters. The van der Waals surface area contributed by atoms with Crippen LogP contribution >= 0.6 is 23.2 Å². The highest BCUT2D eigenvalue weighted by molar-refractivity contribution is 6.39. The van der Waals surface area contributed by atoms with E-state index in [4.69, 9.17) is 27.9 Å². The summed E-state index contributed by atoms with van der Waals surface area (Å²) >= 11 is 12.0. The van der Waals surface area contributed by atoms with Gasteiger partial charge in [0.1, 0.15) is 11.3 Å². The van der Waals surface area contributed by atoms with Gasteiger partial charge in [0.25, 0.3) is 11.8 Å². The van der Waals surface area contributed by atoms with Gasteiger partial charge in [0.15, 0.2) is 0 Å². The van der Waals surface area contributed by atoms with Crippen molar-refractivity contribution >= 4 is 52.8 Å². The van der Waals surface area contributed by atoms with Crippen LogP contribution in [0, 0.1) is 6.92 Å². The lowest BCUT2D eigenvalue weighted by molar-refractivity contribution is -0.122. The van der Waals surface area contributed by atoms with E-state index in [-0.39, 0.29) is 11.3 Å². The first-order chi connectivity index (χ1) is 16.3. The zero-order chi connectivity index (χ0) is 24.2. The third kappa shape index (κ3) is 5.16. The Bertz CT molecular complexity index is 1280. The number of hydrogen-bond donors (Lipinski definition) is 1. The van der Waals surface area contributed by atoms with Crippen molar-refractivity contribution in [2.75, 3.05) is 11.5 Å². The average molecular weight is 498 g/mol. The number of halogens is 2. The van der Waals surface area contributed by atoms with E-state index in [1.165, 1.54) is 12.1 Å². The Morgan fingerprint density at radius 2 is 1.79 bits per heavy atom. The van der Waals surface area contributed by atoms with Gasteiger partial charge in [0, 0.05) is 28.5 Å². The molecule has 1 aliphatic heterocycles. The molecule has 2 heterocycles. The number of benzene rings is 2. The summed E-state index contributed by atoms with van der Waals surface area (Å²) in [7, 11) is 0. The van der Waals surface area contributed by atoms with Gasteiger partial charge in [-0.3, -0.25) is 14.9 Å². The van der Waals surface area contributed by atoms with E-state index in [1.54, 1.807) is 42.5 Å². The summed E-state index contributed by atoms with van der Waals surface area (Å²) < 4.78 is 7.62. The Morgan fingerprint density at radius 3 is 2.53 bits per heavy atom. The number of nitrogens with one attached hydrogen (secondary N) is 1. The van der Waals surface area contributed by atoms with E-state index in [9.17, 15) is 14.4 Å². The Labute approximate surface area is 206 Å². The number of carbonyl (C=O) groups is 3. The van der Waals surface area contributed by atoms with E-state index < -0.39 is 17.8 Å². The quantitative estimate of drug-likeness (QED) is 0.275. The van der Waals surface area contributed by atoms with Crippen LogP contribution in [0.4, 0.5) is 10.5 Å². The fraction of sp³-hybridized carbons (Fsp3) is 0.160. The molecule has 0 saturated carbocycles. The SMILES string of the molecule is Cc1ccc(N2C(=O)NC(=O)C(=Cc3cccn3CCCOc3ccc(Cl)cc3)C2=O)cc1Cl. The summed E-state index contributed by atoms with van der Waals surface area (Å²) in [6.45, 7) is 2.89. The van der Waals surface area contributed by atoms with Gasteiger partial charge in [-0.1, -0.05) is 29.3 Å². The van der Waals surface area contributed by atoms with Crippen LogP contribution in [0.2, 0.25) is 10.0 Å². The molecule has 1 fully saturated rings. The summed E-state index contributed by atoms with van der Waals surface area (Å²) in [6, 6.07) is 14.7. The molecule has 34 heavy (non-hydrogen) atoms. The molecule has 2 aromatic carbocycles. The number of amides is 4. The van der Waals surface area contributed by atoms with Crippen molar-refractivity contribution in [2.45, 2.75) is 19.9 Å². The van der Waals surface area contributed by atoms with Gasteiger partial charge in [0.2, 0.25) is 0 Å². The van der Waals surface area contributed by atoms with Crippen molar-refractivity contribution in [3.8, 4) is 5.75 Å². The predicted octanol–water partition coefficient (Wildman–Crippen LogP) is 5.24. The fourth-order valence-corrected chi connectivity index (χ4v) is 3.78. The second-order valence-corrected chi connectivity index (χ2v) is 8.52. The van der Waals surface area contributed by atoms with Gasteiger partial charge in [-0.05, 0) is 73.5 Å². The number of imide groups is 2. The number of aryl methyl sites for hydroxylation is 2. The van der Waals surface area contributed by atoms with Gasteiger partial charge in [-0.25, -0.2) is 9.69 Å². The molecule has 1 aliphatic rings. The monoisotopic (exact) mass is 497 g/mol. The summed E-state index contributed by atoms with van der Waals surface area (Å²) in [5, 5.41) is 3.28. The van der Waals surface area contributed by atoms with E-state index in [2.05, 4.69) is 5.32 Å². The molecule has 0 bridgehead atoms. The average Bonchev–Trinajstić information content (AvgIpc) is 3.24. The Balaban J connectivity index is 1.48. The first-order valence-corrected chi connectivity index (χ1v) is 11.3. The lowest BCUT2D eigenvalue weighted by Gasteiger charge is -2.26. The Morgan fingerprint density at radius 1 is 1.03 bits per heavy atom. The van der Waals surface area contributed by atoms with Crippen LogP contribution in [0.5, 0.6) is 5.75 Å². The van der Waals surface area contributed by atoms with Gasteiger partial charge >= 0.3 is 6.03 Å². The summed E-state index contributed by atoms with van der Waals surface area (Å²) in [4.78, 5) is 38.9. The molecular formula is C25H21Cl2N3O4. The van der Waals surface area contributed by atoms with Gasteiger partial charge < -0.3 is 9.30 Å². The van der Waals surface area contributed by atoms with Crippen molar-refractivity contribution in [3.63, 3.8) is 0 Å². The third-order valence-corrected chi connectivity index (χ3v) is 5.96. The molecule has 9 heteroatoms. The minimum atomic E-state index is -0.818. The highest BCUT2D eigenvalue weighted by Gasteiger charge is 2.37. The molecule has 0 unspecified atom stereocenters. The second kappa shape index (κ2) is 10.2. The van der Waals surface area contributed by atoms with Crippen molar-refractivity contribution in [3.05, 3.63) is 87.7 Å². The molecule has 7 nitrogen and oxygen atoms in total. The molecule has 0 radical (unpaired) electrons. The van der Waals surface area contributed by atoms with Crippen molar-refractivity contribution in [1.29, 1.82) is 0 Å². The van der Waals surface area contributed by atoms with Crippen LogP contribution < -0.4 is 15.0 Å². The van der Waals surface area contributed by atoms with E-state index in [1.807, 2.05) is 23.8 Å².